The molecule has 0 aliphatic carbocycles. The summed E-state index contributed by atoms with van der Waals surface area (Å²) in [6.07, 6.45) is 1.26. The maximum Gasteiger partial charge on any atom is 0.262 e. The molecule has 0 aliphatic heterocycles. The Morgan fingerprint density at radius 1 is 0.857 bits per heavy atom. The Kier molecular flexibility index (Phi) is 6.05. The summed E-state index contributed by atoms with van der Waals surface area (Å²) >= 11 is 0. The van der Waals surface area contributed by atoms with E-state index in [-0.39, 0.29) is 23.7 Å². The first-order valence-electron chi connectivity index (χ1n) is 10.9. The molecule has 0 fully saturated rings. The molecule has 0 bridgehead atoms. The summed E-state index contributed by atoms with van der Waals surface area (Å²) in [5.74, 6) is 1.32. The van der Waals surface area contributed by atoms with Gasteiger partial charge in [0.2, 0.25) is 11.2 Å². The van der Waals surface area contributed by atoms with E-state index in [1.165, 1.54) is 6.26 Å². The van der Waals surface area contributed by atoms with Crippen molar-refractivity contribution in [3.63, 3.8) is 0 Å². The Morgan fingerprint density at radius 2 is 1.60 bits per heavy atom. The van der Waals surface area contributed by atoms with Gasteiger partial charge in [0, 0.05) is 17.1 Å². The molecule has 1 amide bonds. The zero-order chi connectivity index (χ0) is 24.2. The summed E-state index contributed by atoms with van der Waals surface area (Å²) < 4.78 is 22.0. The van der Waals surface area contributed by atoms with Gasteiger partial charge in [-0.2, -0.15) is 0 Å². The van der Waals surface area contributed by atoms with Crippen LogP contribution in [0.15, 0.2) is 100 Å². The third-order valence-corrected chi connectivity index (χ3v) is 5.44. The average Bonchev–Trinajstić information content (AvgIpc) is 2.90. The molecular weight excluding hydrogens is 446 g/mol. The Hall–Kier alpha value is -4.78. The second-order valence-corrected chi connectivity index (χ2v) is 7.73. The molecule has 0 aliphatic rings. The molecule has 0 saturated carbocycles. The number of methoxy groups -OCH3 is 1. The third-order valence-electron chi connectivity index (χ3n) is 5.44. The molecule has 1 aromatic heterocycles. The summed E-state index contributed by atoms with van der Waals surface area (Å²) in [5, 5.41) is 5.20. The fourth-order valence-corrected chi connectivity index (χ4v) is 3.69. The molecule has 35 heavy (non-hydrogen) atoms. The molecule has 5 aromatic rings. The van der Waals surface area contributed by atoms with Crippen LogP contribution in [-0.4, -0.2) is 19.6 Å². The summed E-state index contributed by atoms with van der Waals surface area (Å²) in [4.78, 5) is 25.3. The molecular formula is C28H21NO6. The van der Waals surface area contributed by atoms with Gasteiger partial charge in [-0.1, -0.05) is 36.4 Å². The van der Waals surface area contributed by atoms with Gasteiger partial charge in [0.1, 0.15) is 29.1 Å². The number of nitrogens with one attached hydrogen (secondary N) is 1. The van der Waals surface area contributed by atoms with Crippen LogP contribution < -0.4 is 25.0 Å². The summed E-state index contributed by atoms with van der Waals surface area (Å²) in [6, 6.07) is 25.1. The third kappa shape index (κ3) is 4.79. The molecule has 0 radical (unpaired) electrons. The minimum absolute atomic E-state index is 0.0609. The molecule has 7 nitrogen and oxygen atoms in total. The van der Waals surface area contributed by atoms with Gasteiger partial charge >= 0.3 is 0 Å². The number of hydrogen-bond acceptors (Lipinski definition) is 6. The van der Waals surface area contributed by atoms with Gasteiger partial charge in [0.05, 0.1) is 12.5 Å². The fraction of sp³-hybridized carbons (Fsp3) is 0.0714. The van der Waals surface area contributed by atoms with Crippen molar-refractivity contribution in [1.29, 1.82) is 0 Å². The molecule has 174 valence electrons. The summed E-state index contributed by atoms with van der Waals surface area (Å²) in [7, 11) is 1.57. The number of rotatable bonds is 7. The molecule has 0 spiro atoms. The summed E-state index contributed by atoms with van der Waals surface area (Å²) in [6.45, 7) is -0.197. The standard InChI is InChI=1S/C28H21NO6/c1-32-19-9-11-20(12-10-19)35-26-16-34-25-15-21(13-14-23(25)28(26)31)33-17-27(30)29-24-8-4-6-18-5-2-3-7-22(18)24/h2-16H,17H2,1H3,(H,29,30). The zero-order valence-electron chi connectivity index (χ0n) is 18.8. The van der Waals surface area contributed by atoms with Gasteiger partial charge in [-0.05, 0) is 47.9 Å². The normalized spacial score (nSPS) is 10.8. The number of carbonyl (C=O) groups excluding carboxylic acids is 1. The van der Waals surface area contributed by atoms with Crippen LogP contribution in [0.25, 0.3) is 21.7 Å². The molecule has 1 heterocycles. The SMILES string of the molecule is COc1ccc(Oc2coc3cc(OCC(=O)Nc4cccc5ccccc45)ccc3c2=O)cc1. The molecule has 1 N–H and O–H groups in total. The van der Waals surface area contributed by atoms with Gasteiger partial charge < -0.3 is 23.9 Å². The highest BCUT2D eigenvalue weighted by Gasteiger charge is 2.12. The number of hydrogen-bond donors (Lipinski definition) is 1. The fourth-order valence-electron chi connectivity index (χ4n) is 3.69. The lowest BCUT2D eigenvalue weighted by Crippen LogP contribution is -2.20. The second kappa shape index (κ2) is 9.61. The van der Waals surface area contributed by atoms with Crippen LogP contribution in [0.3, 0.4) is 0 Å². The van der Waals surface area contributed by atoms with E-state index in [0.29, 0.717) is 33.9 Å². The molecule has 4 aromatic carbocycles. The largest absolute Gasteiger partial charge is 0.497 e. The van der Waals surface area contributed by atoms with Crippen LogP contribution in [0.4, 0.5) is 5.69 Å². The van der Waals surface area contributed by atoms with Crippen molar-refractivity contribution >= 4 is 33.3 Å². The number of anilines is 1. The highest BCUT2D eigenvalue weighted by atomic mass is 16.5. The molecule has 7 heteroatoms. The minimum atomic E-state index is -0.317. The van der Waals surface area contributed by atoms with E-state index in [9.17, 15) is 9.59 Å². The maximum absolute atomic E-state index is 12.8. The Balaban J connectivity index is 1.27. The van der Waals surface area contributed by atoms with Crippen molar-refractivity contribution in [2.45, 2.75) is 0 Å². The van der Waals surface area contributed by atoms with E-state index in [2.05, 4.69) is 5.32 Å². The summed E-state index contributed by atoms with van der Waals surface area (Å²) in [5.41, 5.74) is 0.719. The van der Waals surface area contributed by atoms with Crippen LogP contribution in [0, 0.1) is 0 Å². The first-order valence-corrected chi connectivity index (χ1v) is 10.9. The lowest BCUT2D eigenvalue weighted by molar-refractivity contribution is -0.118. The molecule has 0 unspecified atom stereocenters. The van der Waals surface area contributed by atoms with E-state index in [1.807, 2.05) is 42.5 Å². The van der Waals surface area contributed by atoms with E-state index < -0.39 is 0 Å². The monoisotopic (exact) mass is 467 g/mol. The lowest BCUT2D eigenvalue weighted by atomic mass is 10.1. The second-order valence-electron chi connectivity index (χ2n) is 7.73. The van der Waals surface area contributed by atoms with Crippen molar-refractivity contribution in [3.8, 4) is 23.0 Å². The van der Waals surface area contributed by atoms with Crippen LogP contribution >= 0.6 is 0 Å². The minimum Gasteiger partial charge on any atom is -0.497 e. The smallest absolute Gasteiger partial charge is 0.262 e. The van der Waals surface area contributed by atoms with Gasteiger partial charge in [0.25, 0.3) is 5.91 Å². The number of fused-ring (bicyclic) bond motifs is 2. The van der Waals surface area contributed by atoms with E-state index in [4.69, 9.17) is 18.6 Å². The van der Waals surface area contributed by atoms with Crippen molar-refractivity contribution in [2.24, 2.45) is 0 Å². The zero-order valence-corrected chi connectivity index (χ0v) is 18.8. The lowest BCUT2D eigenvalue weighted by Gasteiger charge is -2.10. The quantitative estimate of drug-likeness (QED) is 0.327. The van der Waals surface area contributed by atoms with Crippen molar-refractivity contribution in [3.05, 3.63) is 101 Å². The van der Waals surface area contributed by atoms with Crippen molar-refractivity contribution in [1.82, 2.24) is 0 Å². The van der Waals surface area contributed by atoms with Crippen LogP contribution in [0.1, 0.15) is 0 Å². The predicted molar refractivity (Wildman–Crippen MR) is 134 cm³/mol. The molecule has 5 rings (SSSR count). The number of amides is 1. The van der Waals surface area contributed by atoms with Gasteiger partial charge in [-0.3, -0.25) is 9.59 Å². The highest BCUT2D eigenvalue weighted by Crippen LogP contribution is 2.26. The first kappa shape index (κ1) is 22.0. The predicted octanol–water partition coefficient (Wildman–Crippen LogP) is 5.76. The number of ether oxygens (including phenoxy) is 3. The highest BCUT2D eigenvalue weighted by molar-refractivity contribution is 6.02. The van der Waals surface area contributed by atoms with E-state index in [1.54, 1.807) is 49.6 Å². The Bertz CT molecular complexity index is 1570. The van der Waals surface area contributed by atoms with Crippen molar-refractivity contribution < 1.29 is 23.4 Å². The van der Waals surface area contributed by atoms with Crippen molar-refractivity contribution in [2.75, 3.05) is 19.0 Å². The van der Waals surface area contributed by atoms with E-state index in [0.717, 1.165) is 10.8 Å². The number of benzene rings is 4. The Labute approximate surface area is 200 Å². The average molecular weight is 467 g/mol. The molecule has 0 atom stereocenters. The topological polar surface area (TPSA) is 87.0 Å². The first-order chi connectivity index (χ1) is 17.1. The maximum atomic E-state index is 12.8. The van der Waals surface area contributed by atoms with Gasteiger partial charge in [-0.15, -0.1) is 0 Å². The van der Waals surface area contributed by atoms with Crippen LogP contribution in [0.5, 0.6) is 23.0 Å². The van der Waals surface area contributed by atoms with Crippen LogP contribution in [-0.2, 0) is 4.79 Å². The molecule has 0 saturated heterocycles. The van der Waals surface area contributed by atoms with E-state index >= 15 is 0 Å². The van der Waals surface area contributed by atoms with Gasteiger partial charge in [0.15, 0.2) is 6.61 Å². The van der Waals surface area contributed by atoms with Gasteiger partial charge in [-0.25, -0.2) is 0 Å². The Morgan fingerprint density at radius 3 is 2.43 bits per heavy atom. The van der Waals surface area contributed by atoms with Crippen LogP contribution in [0.2, 0.25) is 0 Å². The number of carbonyl (C=O) groups is 1.